The van der Waals surface area contributed by atoms with Crippen molar-refractivity contribution in [3.8, 4) is 0 Å². The molecule has 0 radical (unpaired) electrons. The van der Waals surface area contributed by atoms with Crippen LogP contribution >= 0.6 is 0 Å². The van der Waals surface area contributed by atoms with Crippen LogP contribution < -0.4 is 0 Å². The van der Waals surface area contributed by atoms with Crippen LogP contribution in [0.1, 0.15) is 24.8 Å². The third-order valence-corrected chi connectivity index (χ3v) is 6.65. The third-order valence-electron chi connectivity index (χ3n) is 4.49. The summed E-state index contributed by atoms with van der Waals surface area (Å²) in [7, 11) is -4.01. The van der Waals surface area contributed by atoms with Crippen molar-refractivity contribution in [2.24, 2.45) is 5.92 Å². The first kappa shape index (κ1) is 14.5. The van der Waals surface area contributed by atoms with Gasteiger partial charge in [0.05, 0.1) is 5.92 Å². The number of hydrogen-bond acceptors (Lipinski definition) is 3. The van der Waals surface area contributed by atoms with Gasteiger partial charge in [-0.3, -0.25) is 4.79 Å². The molecule has 1 N–H and O–H groups in total. The van der Waals surface area contributed by atoms with Crippen LogP contribution in [0, 0.1) is 18.7 Å². The normalized spacial score (nSPS) is 29.0. The van der Waals surface area contributed by atoms with E-state index in [4.69, 9.17) is 0 Å². The van der Waals surface area contributed by atoms with E-state index >= 15 is 0 Å². The lowest BCUT2D eigenvalue weighted by Gasteiger charge is -2.23. The first-order chi connectivity index (χ1) is 9.84. The van der Waals surface area contributed by atoms with E-state index in [1.165, 1.54) is 10.4 Å². The molecule has 0 aliphatic carbocycles. The van der Waals surface area contributed by atoms with Gasteiger partial charge in [-0.2, -0.15) is 4.31 Å². The highest BCUT2D eigenvalue weighted by Gasteiger charge is 2.54. The van der Waals surface area contributed by atoms with E-state index in [9.17, 15) is 22.7 Å². The summed E-state index contributed by atoms with van der Waals surface area (Å²) in [6, 6.07) is 3.23. The van der Waals surface area contributed by atoms with Crippen LogP contribution in [0.3, 0.4) is 0 Å². The highest BCUT2D eigenvalue weighted by atomic mass is 32.2. The molecule has 0 aromatic heterocycles. The molecule has 3 rings (SSSR count). The Hall–Kier alpha value is -1.47. The first-order valence-electron chi connectivity index (χ1n) is 6.85. The summed E-state index contributed by atoms with van der Waals surface area (Å²) < 4.78 is 40.8. The average Bonchev–Trinajstić information content (AvgIpc) is 2.96. The lowest BCUT2D eigenvalue weighted by Crippen LogP contribution is -2.38. The molecule has 0 amide bonds. The Labute approximate surface area is 122 Å². The van der Waals surface area contributed by atoms with Gasteiger partial charge in [0.1, 0.15) is 10.7 Å². The van der Waals surface area contributed by atoms with Crippen molar-refractivity contribution >= 4 is 16.0 Å². The molecule has 3 atom stereocenters. The summed E-state index contributed by atoms with van der Waals surface area (Å²) in [4.78, 5) is 10.9. The van der Waals surface area contributed by atoms with Crippen LogP contribution in [-0.2, 0) is 14.8 Å². The van der Waals surface area contributed by atoms with Gasteiger partial charge in [-0.05, 0) is 37.8 Å². The number of carboxylic acids is 1. The van der Waals surface area contributed by atoms with Gasteiger partial charge in [-0.25, -0.2) is 12.8 Å². The Kier molecular flexibility index (Phi) is 3.29. The van der Waals surface area contributed by atoms with Gasteiger partial charge in [0.2, 0.25) is 10.0 Å². The molecular weight excluding hydrogens is 297 g/mol. The summed E-state index contributed by atoms with van der Waals surface area (Å²) in [5.74, 6) is -2.45. The zero-order valence-corrected chi connectivity index (χ0v) is 12.3. The van der Waals surface area contributed by atoms with E-state index in [1.54, 1.807) is 13.0 Å². The average molecular weight is 313 g/mol. The van der Waals surface area contributed by atoms with Crippen molar-refractivity contribution in [3.05, 3.63) is 29.6 Å². The maximum Gasteiger partial charge on any atom is 0.308 e. The number of rotatable bonds is 3. The monoisotopic (exact) mass is 313 g/mol. The standard InChI is InChI=1S/C14H16FNO4S/c1-8-3-2-4-11(15)13(8)21(19,20)16-9-5-6-12(16)10(7-9)14(17)18/h2-4,9-10,12H,5-7H2,1H3,(H,17,18). The second-order valence-electron chi connectivity index (χ2n) is 5.70. The number of benzene rings is 1. The molecule has 2 fully saturated rings. The largest absolute Gasteiger partial charge is 0.481 e. The SMILES string of the molecule is Cc1cccc(F)c1S(=O)(=O)N1C2CCC1C(C(=O)O)C2. The maximum atomic E-state index is 14.0. The second kappa shape index (κ2) is 4.78. The van der Waals surface area contributed by atoms with E-state index in [1.807, 2.05) is 0 Å². The molecule has 21 heavy (non-hydrogen) atoms. The molecule has 5 nitrogen and oxygen atoms in total. The number of fused-ring (bicyclic) bond motifs is 2. The summed E-state index contributed by atoms with van der Waals surface area (Å²) in [5.41, 5.74) is 0.341. The molecule has 2 aliphatic heterocycles. The molecule has 2 saturated heterocycles. The molecule has 7 heteroatoms. The van der Waals surface area contributed by atoms with Gasteiger partial charge in [0.15, 0.2) is 0 Å². The van der Waals surface area contributed by atoms with Crippen LogP contribution in [0.5, 0.6) is 0 Å². The van der Waals surface area contributed by atoms with E-state index < -0.39 is 33.8 Å². The van der Waals surface area contributed by atoms with E-state index in [-0.39, 0.29) is 10.9 Å². The van der Waals surface area contributed by atoms with Crippen LogP contribution in [-0.4, -0.2) is 35.9 Å². The smallest absolute Gasteiger partial charge is 0.308 e. The molecule has 1 aromatic carbocycles. The topological polar surface area (TPSA) is 74.7 Å². The third kappa shape index (κ3) is 2.06. The van der Waals surface area contributed by atoms with Crippen molar-refractivity contribution < 1.29 is 22.7 Å². The number of carbonyl (C=O) groups is 1. The summed E-state index contributed by atoms with van der Waals surface area (Å²) in [5, 5.41) is 9.20. The molecule has 3 unspecified atom stereocenters. The van der Waals surface area contributed by atoms with Crippen molar-refractivity contribution in [1.29, 1.82) is 0 Å². The molecular formula is C14H16FNO4S. The highest BCUT2D eigenvalue weighted by Crippen LogP contribution is 2.45. The summed E-state index contributed by atoms with van der Waals surface area (Å²) in [6.07, 6.45) is 1.47. The fraction of sp³-hybridized carbons (Fsp3) is 0.500. The predicted octanol–water partition coefficient (Wildman–Crippen LogP) is 1.76. The first-order valence-corrected chi connectivity index (χ1v) is 8.29. The Morgan fingerprint density at radius 2 is 2.10 bits per heavy atom. The number of nitrogens with zero attached hydrogens (tertiary/aromatic N) is 1. The number of halogens is 1. The van der Waals surface area contributed by atoms with Crippen molar-refractivity contribution in [2.75, 3.05) is 0 Å². The van der Waals surface area contributed by atoms with E-state index in [0.29, 0.717) is 24.8 Å². The zero-order chi connectivity index (χ0) is 15.4. The quantitative estimate of drug-likeness (QED) is 0.922. The fourth-order valence-corrected chi connectivity index (χ4v) is 5.82. The number of hydrogen-bond donors (Lipinski definition) is 1. The summed E-state index contributed by atoms with van der Waals surface area (Å²) >= 11 is 0. The molecule has 2 aliphatic rings. The van der Waals surface area contributed by atoms with E-state index in [0.717, 1.165) is 6.07 Å². The molecule has 2 bridgehead atoms. The minimum Gasteiger partial charge on any atom is -0.481 e. The van der Waals surface area contributed by atoms with Crippen LogP contribution in [0.2, 0.25) is 0 Å². The van der Waals surface area contributed by atoms with Gasteiger partial charge in [0.25, 0.3) is 0 Å². The number of carboxylic acid groups (broad SMARTS) is 1. The lowest BCUT2D eigenvalue weighted by molar-refractivity contribution is -0.142. The van der Waals surface area contributed by atoms with E-state index in [2.05, 4.69) is 0 Å². The zero-order valence-electron chi connectivity index (χ0n) is 11.5. The number of aliphatic carboxylic acids is 1. The number of sulfonamides is 1. The second-order valence-corrected chi connectivity index (χ2v) is 7.48. The van der Waals surface area contributed by atoms with Gasteiger partial charge in [-0.1, -0.05) is 12.1 Å². The van der Waals surface area contributed by atoms with Gasteiger partial charge in [0, 0.05) is 12.1 Å². The minimum atomic E-state index is -4.01. The number of aryl methyl sites for hydroxylation is 1. The van der Waals surface area contributed by atoms with Crippen molar-refractivity contribution in [3.63, 3.8) is 0 Å². The van der Waals surface area contributed by atoms with Crippen LogP contribution in [0.15, 0.2) is 23.1 Å². The van der Waals surface area contributed by atoms with Gasteiger partial charge < -0.3 is 5.11 Å². The molecule has 0 saturated carbocycles. The Bertz CT molecular complexity index is 683. The Balaban J connectivity index is 2.06. The van der Waals surface area contributed by atoms with Gasteiger partial charge >= 0.3 is 5.97 Å². The maximum absolute atomic E-state index is 14.0. The minimum absolute atomic E-state index is 0.312. The molecule has 114 valence electrons. The molecule has 2 heterocycles. The Morgan fingerprint density at radius 1 is 1.38 bits per heavy atom. The molecule has 1 aromatic rings. The van der Waals surface area contributed by atoms with Crippen LogP contribution in [0.4, 0.5) is 4.39 Å². The highest BCUT2D eigenvalue weighted by molar-refractivity contribution is 7.89. The lowest BCUT2D eigenvalue weighted by atomic mass is 9.89. The predicted molar refractivity (Wildman–Crippen MR) is 72.7 cm³/mol. The van der Waals surface area contributed by atoms with Crippen molar-refractivity contribution in [2.45, 2.75) is 43.2 Å². The van der Waals surface area contributed by atoms with Gasteiger partial charge in [-0.15, -0.1) is 0 Å². The van der Waals surface area contributed by atoms with Crippen LogP contribution in [0.25, 0.3) is 0 Å². The molecule has 0 spiro atoms. The summed E-state index contributed by atoms with van der Waals surface area (Å²) in [6.45, 7) is 1.54. The Morgan fingerprint density at radius 3 is 2.67 bits per heavy atom. The fourth-order valence-electron chi connectivity index (χ4n) is 3.63. The van der Waals surface area contributed by atoms with Crippen molar-refractivity contribution in [1.82, 2.24) is 4.31 Å².